The number of hydrogen-bond acceptors (Lipinski definition) is 3. The fourth-order valence-electron chi connectivity index (χ4n) is 1.11. The Morgan fingerprint density at radius 3 is 2.70 bits per heavy atom. The van der Waals surface area contributed by atoms with E-state index in [0.29, 0.717) is 0 Å². The van der Waals surface area contributed by atoms with Gasteiger partial charge in [-0.05, 0) is 13.3 Å². The molecule has 3 atom stereocenters. The highest BCUT2D eigenvalue weighted by Crippen LogP contribution is 2.19. The molecule has 1 N–H and O–H groups in total. The third-order valence-corrected chi connectivity index (χ3v) is 1.87. The third-order valence-electron chi connectivity index (χ3n) is 1.87. The van der Waals surface area contributed by atoms with Crippen LogP contribution in [0.4, 0.5) is 0 Å². The minimum Gasteiger partial charge on any atom is -0.390 e. The normalized spacial score (nSPS) is 41.7. The molecule has 3 heteroatoms. The Labute approximate surface area is 60.9 Å². The lowest BCUT2D eigenvalue weighted by Gasteiger charge is -2.30. The second kappa shape index (κ2) is 3.32. The van der Waals surface area contributed by atoms with Crippen LogP contribution in [0.5, 0.6) is 0 Å². The molecule has 1 rings (SSSR count). The van der Waals surface area contributed by atoms with Crippen LogP contribution in [0.2, 0.25) is 0 Å². The van der Waals surface area contributed by atoms with Gasteiger partial charge in [0.1, 0.15) is 0 Å². The number of rotatable bonds is 1. The number of hydrogen-bond donors (Lipinski definition) is 1. The van der Waals surface area contributed by atoms with E-state index >= 15 is 0 Å². The van der Waals surface area contributed by atoms with E-state index in [1.807, 2.05) is 6.92 Å². The highest BCUT2D eigenvalue weighted by molar-refractivity contribution is 4.70. The average molecular weight is 146 g/mol. The summed E-state index contributed by atoms with van der Waals surface area (Å²) >= 11 is 0. The van der Waals surface area contributed by atoms with Crippen molar-refractivity contribution in [2.75, 3.05) is 7.11 Å². The van der Waals surface area contributed by atoms with Crippen molar-refractivity contribution in [2.24, 2.45) is 0 Å². The van der Waals surface area contributed by atoms with Crippen LogP contribution in [0.3, 0.4) is 0 Å². The second-order valence-electron chi connectivity index (χ2n) is 2.65. The van der Waals surface area contributed by atoms with Crippen LogP contribution >= 0.6 is 0 Å². The van der Waals surface area contributed by atoms with Gasteiger partial charge in [-0.3, -0.25) is 0 Å². The zero-order valence-corrected chi connectivity index (χ0v) is 6.41. The first-order chi connectivity index (χ1) is 4.74. The standard InChI is InChI=1S/C7H14O3/c1-5-6(8)3-4-7(9-2)10-5/h5-8H,3-4H2,1-2H3/t5?,6-,7?/m1/s1. The number of methoxy groups -OCH3 is 1. The van der Waals surface area contributed by atoms with Crippen molar-refractivity contribution < 1.29 is 14.6 Å². The largest absolute Gasteiger partial charge is 0.390 e. The molecular weight excluding hydrogens is 132 g/mol. The van der Waals surface area contributed by atoms with Crippen LogP contribution in [0.25, 0.3) is 0 Å². The maximum Gasteiger partial charge on any atom is 0.157 e. The van der Waals surface area contributed by atoms with E-state index in [1.165, 1.54) is 0 Å². The topological polar surface area (TPSA) is 38.7 Å². The molecule has 0 spiro atoms. The van der Waals surface area contributed by atoms with Crippen molar-refractivity contribution >= 4 is 0 Å². The van der Waals surface area contributed by atoms with Crippen LogP contribution in [0, 0.1) is 0 Å². The second-order valence-corrected chi connectivity index (χ2v) is 2.65. The van der Waals surface area contributed by atoms with Gasteiger partial charge in [0.15, 0.2) is 6.29 Å². The van der Waals surface area contributed by atoms with Gasteiger partial charge in [0, 0.05) is 13.5 Å². The first-order valence-corrected chi connectivity index (χ1v) is 3.60. The molecule has 3 nitrogen and oxygen atoms in total. The summed E-state index contributed by atoms with van der Waals surface area (Å²) in [6, 6.07) is 0. The summed E-state index contributed by atoms with van der Waals surface area (Å²) in [6.45, 7) is 1.86. The van der Waals surface area contributed by atoms with Gasteiger partial charge in [-0.15, -0.1) is 0 Å². The summed E-state index contributed by atoms with van der Waals surface area (Å²) < 4.78 is 10.3. The molecule has 1 fully saturated rings. The highest BCUT2D eigenvalue weighted by atomic mass is 16.7. The predicted molar refractivity (Wildman–Crippen MR) is 36.6 cm³/mol. The van der Waals surface area contributed by atoms with Crippen LogP contribution in [-0.2, 0) is 9.47 Å². The summed E-state index contributed by atoms with van der Waals surface area (Å²) in [6.07, 6.45) is 1.06. The summed E-state index contributed by atoms with van der Waals surface area (Å²) in [4.78, 5) is 0. The number of aliphatic hydroxyl groups excluding tert-OH is 1. The molecule has 1 aliphatic rings. The Morgan fingerprint density at radius 2 is 2.20 bits per heavy atom. The van der Waals surface area contributed by atoms with Gasteiger partial charge in [0.05, 0.1) is 12.2 Å². The van der Waals surface area contributed by atoms with Crippen molar-refractivity contribution in [3.8, 4) is 0 Å². The van der Waals surface area contributed by atoms with Gasteiger partial charge in [0.25, 0.3) is 0 Å². The molecule has 60 valence electrons. The van der Waals surface area contributed by atoms with Gasteiger partial charge in [-0.2, -0.15) is 0 Å². The molecule has 0 aromatic carbocycles. The summed E-state index contributed by atoms with van der Waals surface area (Å²) in [5.74, 6) is 0. The maximum atomic E-state index is 9.21. The fraction of sp³-hybridized carbons (Fsp3) is 1.00. The van der Waals surface area contributed by atoms with E-state index in [1.54, 1.807) is 7.11 Å². The molecule has 0 aliphatic carbocycles. The van der Waals surface area contributed by atoms with Crippen molar-refractivity contribution in [2.45, 2.75) is 38.3 Å². The van der Waals surface area contributed by atoms with Gasteiger partial charge in [-0.1, -0.05) is 0 Å². The molecule has 0 amide bonds. The molecular formula is C7H14O3. The first-order valence-electron chi connectivity index (χ1n) is 3.60. The van der Waals surface area contributed by atoms with Gasteiger partial charge in [-0.25, -0.2) is 0 Å². The lowest BCUT2D eigenvalue weighted by atomic mass is 10.1. The zero-order chi connectivity index (χ0) is 7.56. The van der Waals surface area contributed by atoms with E-state index in [0.717, 1.165) is 12.8 Å². The number of ether oxygens (including phenoxy) is 2. The van der Waals surface area contributed by atoms with Crippen molar-refractivity contribution in [1.29, 1.82) is 0 Å². The Balaban J connectivity index is 2.33. The molecule has 1 aliphatic heterocycles. The van der Waals surface area contributed by atoms with Crippen molar-refractivity contribution in [3.05, 3.63) is 0 Å². The Kier molecular flexibility index (Phi) is 2.65. The SMILES string of the molecule is COC1CC[C@@H](O)C(C)O1. The molecule has 0 saturated carbocycles. The summed E-state index contributed by atoms with van der Waals surface area (Å²) in [5, 5.41) is 9.21. The van der Waals surface area contributed by atoms with Crippen LogP contribution < -0.4 is 0 Å². The Hall–Kier alpha value is -0.120. The maximum absolute atomic E-state index is 9.21. The minimum absolute atomic E-state index is 0.0845. The lowest BCUT2D eigenvalue weighted by Crippen LogP contribution is -2.37. The smallest absolute Gasteiger partial charge is 0.157 e. The lowest BCUT2D eigenvalue weighted by molar-refractivity contribution is -0.206. The van der Waals surface area contributed by atoms with E-state index in [2.05, 4.69) is 0 Å². The van der Waals surface area contributed by atoms with Crippen LogP contribution in [0.1, 0.15) is 19.8 Å². The third kappa shape index (κ3) is 1.68. The molecule has 1 saturated heterocycles. The van der Waals surface area contributed by atoms with Crippen LogP contribution in [-0.4, -0.2) is 30.7 Å². The van der Waals surface area contributed by atoms with Gasteiger partial charge < -0.3 is 14.6 Å². The fourth-order valence-corrected chi connectivity index (χ4v) is 1.11. The van der Waals surface area contributed by atoms with E-state index in [9.17, 15) is 5.11 Å². The molecule has 10 heavy (non-hydrogen) atoms. The van der Waals surface area contributed by atoms with Crippen LogP contribution in [0.15, 0.2) is 0 Å². The Morgan fingerprint density at radius 1 is 1.50 bits per heavy atom. The van der Waals surface area contributed by atoms with E-state index < -0.39 is 0 Å². The minimum atomic E-state index is -0.314. The summed E-state index contributed by atoms with van der Waals surface area (Å²) in [7, 11) is 1.62. The quantitative estimate of drug-likeness (QED) is 0.586. The van der Waals surface area contributed by atoms with E-state index in [4.69, 9.17) is 9.47 Å². The Bertz CT molecular complexity index is 105. The zero-order valence-electron chi connectivity index (χ0n) is 6.41. The van der Waals surface area contributed by atoms with Gasteiger partial charge in [0.2, 0.25) is 0 Å². The molecule has 0 radical (unpaired) electrons. The van der Waals surface area contributed by atoms with Crippen molar-refractivity contribution in [3.63, 3.8) is 0 Å². The molecule has 1 heterocycles. The van der Waals surface area contributed by atoms with E-state index in [-0.39, 0.29) is 18.5 Å². The van der Waals surface area contributed by atoms with Crippen molar-refractivity contribution in [1.82, 2.24) is 0 Å². The predicted octanol–water partition coefficient (Wildman–Crippen LogP) is 0.519. The molecule has 0 aromatic rings. The monoisotopic (exact) mass is 146 g/mol. The molecule has 0 bridgehead atoms. The first kappa shape index (κ1) is 7.98. The summed E-state index contributed by atoms with van der Waals surface area (Å²) in [5.41, 5.74) is 0. The highest BCUT2D eigenvalue weighted by Gasteiger charge is 2.25. The average Bonchev–Trinajstić information content (AvgIpc) is 1.95. The molecule has 0 aromatic heterocycles. The number of aliphatic hydroxyl groups is 1. The van der Waals surface area contributed by atoms with Gasteiger partial charge >= 0.3 is 0 Å². The molecule has 2 unspecified atom stereocenters.